The minimum absolute atomic E-state index is 0.165. The molecule has 0 fully saturated rings. The Hall–Kier alpha value is -3.88. The summed E-state index contributed by atoms with van der Waals surface area (Å²) in [6, 6.07) is 10.2. The molecule has 4 aromatic rings. The van der Waals surface area contributed by atoms with E-state index in [-0.39, 0.29) is 18.3 Å². The smallest absolute Gasteiger partial charge is 0.235 e. The molecular weight excluding hydrogens is 423 g/mol. The monoisotopic (exact) mass is 446 g/mol. The molecular formula is C24H23FN6O2. The number of benzene rings is 1. The van der Waals surface area contributed by atoms with Crippen LogP contribution in [-0.4, -0.2) is 37.2 Å². The fourth-order valence-electron chi connectivity index (χ4n) is 3.95. The van der Waals surface area contributed by atoms with Crippen molar-refractivity contribution in [2.45, 2.75) is 39.2 Å². The van der Waals surface area contributed by atoms with Gasteiger partial charge >= 0.3 is 0 Å². The molecule has 1 N–H and O–H groups in total. The first kappa shape index (κ1) is 21.0. The molecule has 1 amide bonds. The molecule has 1 aliphatic heterocycles. The van der Waals surface area contributed by atoms with Crippen molar-refractivity contribution in [3.05, 3.63) is 59.5 Å². The summed E-state index contributed by atoms with van der Waals surface area (Å²) in [6.07, 6.45) is 2.45. The predicted octanol–water partition coefficient (Wildman–Crippen LogP) is 4.09. The second-order valence-electron chi connectivity index (χ2n) is 8.48. The third kappa shape index (κ3) is 3.49. The van der Waals surface area contributed by atoms with Gasteiger partial charge in [0.1, 0.15) is 17.3 Å². The van der Waals surface area contributed by atoms with Gasteiger partial charge in [0.25, 0.3) is 0 Å². The second-order valence-corrected chi connectivity index (χ2v) is 8.48. The van der Waals surface area contributed by atoms with Crippen LogP contribution in [0, 0.1) is 5.82 Å². The van der Waals surface area contributed by atoms with E-state index in [2.05, 4.69) is 20.3 Å². The third-order valence-electron chi connectivity index (χ3n) is 5.74. The number of anilines is 1. The Balaban J connectivity index is 1.67. The van der Waals surface area contributed by atoms with Gasteiger partial charge in [0.2, 0.25) is 11.8 Å². The van der Waals surface area contributed by atoms with Gasteiger partial charge in [-0.05, 0) is 38.5 Å². The van der Waals surface area contributed by atoms with Gasteiger partial charge in [0.15, 0.2) is 11.5 Å². The molecule has 0 aliphatic carbocycles. The van der Waals surface area contributed by atoms with Crippen molar-refractivity contribution in [1.82, 2.24) is 24.7 Å². The van der Waals surface area contributed by atoms with Crippen molar-refractivity contribution in [3.8, 4) is 17.4 Å². The lowest BCUT2D eigenvalue weighted by Gasteiger charge is -2.18. The first-order chi connectivity index (χ1) is 15.9. The highest BCUT2D eigenvalue weighted by atomic mass is 19.1. The molecule has 0 atom stereocenters. The minimum Gasteiger partial charge on any atom is -0.477 e. The molecule has 33 heavy (non-hydrogen) atoms. The molecule has 0 saturated heterocycles. The number of pyridine rings is 1. The van der Waals surface area contributed by atoms with Crippen LogP contribution >= 0.6 is 0 Å². The van der Waals surface area contributed by atoms with Crippen molar-refractivity contribution < 1.29 is 13.9 Å². The van der Waals surface area contributed by atoms with Crippen LogP contribution in [0.4, 0.5) is 10.2 Å². The van der Waals surface area contributed by atoms with Gasteiger partial charge in [-0.3, -0.25) is 4.79 Å². The summed E-state index contributed by atoms with van der Waals surface area (Å²) >= 11 is 0. The van der Waals surface area contributed by atoms with Crippen LogP contribution < -0.4 is 10.1 Å². The molecule has 0 bridgehead atoms. The van der Waals surface area contributed by atoms with E-state index in [4.69, 9.17) is 9.84 Å². The normalized spacial score (nSPS) is 14.4. The Morgan fingerprint density at radius 2 is 1.97 bits per heavy atom. The van der Waals surface area contributed by atoms with Gasteiger partial charge in [0, 0.05) is 11.8 Å². The summed E-state index contributed by atoms with van der Waals surface area (Å²) in [5, 5.41) is 8.26. The summed E-state index contributed by atoms with van der Waals surface area (Å²) in [4.78, 5) is 26.3. The largest absolute Gasteiger partial charge is 0.477 e. The zero-order valence-electron chi connectivity index (χ0n) is 18.6. The summed E-state index contributed by atoms with van der Waals surface area (Å²) in [5.41, 5.74) is 1.38. The standard InChI is InChI=1S/C24H23FN6O2/c1-4-12-33-22-17-19(29-23(32)24(17,2)3)27-20(28-22)18-15-9-7-11-26-21(15)31(30-18)13-14-8-5-6-10-16(14)25/h5-11H,4,12-13H2,1-3H3,(H,27,28,29,32). The lowest BCUT2D eigenvalue weighted by Crippen LogP contribution is -2.27. The highest BCUT2D eigenvalue weighted by Gasteiger charge is 2.43. The van der Waals surface area contributed by atoms with E-state index >= 15 is 0 Å². The fraction of sp³-hybridized carbons (Fsp3) is 0.292. The number of carbonyl (C=O) groups excluding carboxylic acids is 1. The maximum Gasteiger partial charge on any atom is 0.235 e. The van der Waals surface area contributed by atoms with E-state index < -0.39 is 5.41 Å². The summed E-state index contributed by atoms with van der Waals surface area (Å²) < 4.78 is 21.9. The molecule has 0 saturated carbocycles. The van der Waals surface area contributed by atoms with Crippen molar-refractivity contribution in [2.24, 2.45) is 0 Å². The van der Waals surface area contributed by atoms with E-state index in [0.717, 1.165) is 11.8 Å². The number of halogens is 1. The molecule has 0 radical (unpaired) electrons. The van der Waals surface area contributed by atoms with Gasteiger partial charge in [0.05, 0.1) is 29.5 Å². The van der Waals surface area contributed by atoms with Crippen LogP contribution in [0.3, 0.4) is 0 Å². The van der Waals surface area contributed by atoms with E-state index in [1.807, 2.05) is 26.8 Å². The summed E-state index contributed by atoms with van der Waals surface area (Å²) in [7, 11) is 0. The maximum atomic E-state index is 14.3. The molecule has 8 nitrogen and oxygen atoms in total. The highest BCUT2D eigenvalue weighted by molar-refractivity contribution is 6.05. The Bertz CT molecular complexity index is 1380. The third-order valence-corrected chi connectivity index (χ3v) is 5.74. The van der Waals surface area contributed by atoms with Gasteiger partial charge < -0.3 is 10.1 Å². The number of nitrogens with zero attached hydrogens (tertiary/aromatic N) is 5. The Morgan fingerprint density at radius 3 is 2.76 bits per heavy atom. The summed E-state index contributed by atoms with van der Waals surface area (Å²) in [6.45, 7) is 6.29. The van der Waals surface area contributed by atoms with Crippen LogP contribution in [0.2, 0.25) is 0 Å². The number of fused-ring (bicyclic) bond motifs is 2. The van der Waals surface area contributed by atoms with Crippen molar-refractivity contribution in [3.63, 3.8) is 0 Å². The van der Waals surface area contributed by atoms with E-state index in [1.54, 1.807) is 35.1 Å². The number of hydrogen-bond donors (Lipinski definition) is 1. The number of aromatic nitrogens is 5. The number of nitrogens with one attached hydrogen (secondary N) is 1. The molecule has 0 spiro atoms. The van der Waals surface area contributed by atoms with Crippen LogP contribution in [0.15, 0.2) is 42.6 Å². The van der Waals surface area contributed by atoms with Gasteiger partial charge in [-0.1, -0.05) is 25.1 Å². The lowest BCUT2D eigenvalue weighted by molar-refractivity contribution is -0.119. The van der Waals surface area contributed by atoms with Crippen molar-refractivity contribution >= 4 is 22.8 Å². The molecule has 3 aromatic heterocycles. The first-order valence-electron chi connectivity index (χ1n) is 10.8. The first-order valence-corrected chi connectivity index (χ1v) is 10.8. The molecule has 1 aliphatic rings. The number of ether oxygens (including phenoxy) is 1. The van der Waals surface area contributed by atoms with Crippen molar-refractivity contribution in [1.29, 1.82) is 0 Å². The van der Waals surface area contributed by atoms with Crippen LogP contribution in [0.1, 0.15) is 38.3 Å². The van der Waals surface area contributed by atoms with Crippen LogP contribution in [0.25, 0.3) is 22.6 Å². The fourth-order valence-corrected chi connectivity index (χ4v) is 3.95. The average molecular weight is 446 g/mol. The van der Waals surface area contributed by atoms with Gasteiger partial charge in [-0.25, -0.2) is 19.0 Å². The van der Waals surface area contributed by atoms with Gasteiger partial charge in [-0.15, -0.1) is 0 Å². The zero-order valence-corrected chi connectivity index (χ0v) is 18.6. The predicted molar refractivity (Wildman–Crippen MR) is 121 cm³/mol. The van der Waals surface area contributed by atoms with Crippen LogP contribution in [-0.2, 0) is 16.8 Å². The van der Waals surface area contributed by atoms with E-state index in [1.165, 1.54) is 6.07 Å². The number of hydrogen-bond acceptors (Lipinski definition) is 6. The summed E-state index contributed by atoms with van der Waals surface area (Å²) in [5.74, 6) is 0.611. The molecule has 4 heterocycles. The van der Waals surface area contributed by atoms with Crippen molar-refractivity contribution in [2.75, 3.05) is 11.9 Å². The lowest BCUT2D eigenvalue weighted by atomic mass is 9.87. The minimum atomic E-state index is -0.815. The maximum absolute atomic E-state index is 14.3. The Morgan fingerprint density at radius 1 is 1.15 bits per heavy atom. The average Bonchev–Trinajstić information content (AvgIpc) is 3.28. The highest BCUT2D eigenvalue weighted by Crippen LogP contribution is 2.42. The molecule has 168 valence electrons. The Labute approximate surface area is 189 Å². The molecule has 0 unspecified atom stereocenters. The van der Waals surface area contributed by atoms with E-state index in [9.17, 15) is 9.18 Å². The number of carbonyl (C=O) groups is 1. The van der Waals surface area contributed by atoms with Crippen LogP contribution in [0.5, 0.6) is 5.88 Å². The van der Waals surface area contributed by atoms with Gasteiger partial charge in [-0.2, -0.15) is 10.1 Å². The molecule has 5 rings (SSSR count). The number of rotatable bonds is 6. The molecule has 9 heteroatoms. The Kier molecular flexibility index (Phi) is 5.03. The molecule has 1 aromatic carbocycles. The second kappa shape index (κ2) is 7.91. The van der Waals surface area contributed by atoms with E-state index in [0.29, 0.717) is 46.6 Å². The number of amides is 1. The SMILES string of the molecule is CCCOc1nc(-c2nn(Cc3ccccc3F)c3ncccc23)nc2c1C(C)(C)C(=O)N2. The quantitative estimate of drug-likeness (QED) is 0.479. The zero-order chi connectivity index (χ0) is 23.2. The topological polar surface area (TPSA) is 94.8 Å².